The van der Waals surface area contributed by atoms with E-state index in [0.717, 1.165) is 0 Å². The molecule has 19 nitrogen and oxygen atoms in total. The molecule has 0 bridgehead atoms. The number of carbonyl (C=O) groups excluding carboxylic acids is 4. The summed E-state index contributed by atoms with van der Waals surface area (Å²) in [6.45, 7) is 6.01. The molecule has 324 valence electrons. The Bertz CT molecular complexity index is 1300. The number of methoxy groups -OCH3 is 7. The lowest BCUT2D eigenvalue weighted by molar-refractivity contribution is -0.349. The molecule has 0 radical (unpaired) electrons. The number of likely N-dealkylation sites (N-methyl/N-ethyl adjacent to an activating group) is 4. The molecule has 10 unspecified atom stereocenters. The van der Waals surface area contributed by atoms with Gasteiger partial charge in [0.15, 0.2) is 12.6 Å². The van der Waals surface area contributed by atoms with E-state index in [1.54, 1.807) is 28.2 Å². The van der Waals surface area contributed by atoms with Crippen LogP contribution in [0.25, 0.3) is 0 Å². The van der Waals surface area contributed by atoms with Crippen LogP contribution in [0.15, 0.2) is 0 Å². The van der Waals surface area contributed by atoms with Gasteiger partial charge in [-0.2, -0.15) is 0 Å². The average Bonchev–Trinajstić information content (AvgIpc) is 3.16. The van der Waals surface area contributed by atoms with Gasteiger partial charge in [-0.25, -0.2) is 0 Å². The Labute approximate surface area is 331 Å². The van der Waals surface area contributed by atoms with Gasteiger partial charge >= 0.3 is 0 Å². The number of rotatable bonds is 17. The minimum absolute atomic E-state index is 0.101. The summed E-state index contributed by atoms with van der Waals surface area (Å²) in [6.07, 6.45) is -10.2. The maximum absolute atomic E-state index is 13.1. The third-order valence-corrected chi connectivity index (χ3v) is 11.6. The molecule has 4 amide bonds. The van der Waals surface area contributed by atoms with Gasteiger partial charge in [-0.05, 0) is 6.42 Å². The van der Waals surface area contributed by atoms with E-state index in [1.165, 1.54) is 97.1 Å². The molecule has 3 fully saturated rings. The summed E-state index contributed by atoms with van der Waals surface area (Å²) in [4.78, 5) is 57.4. The van der Waals surface area contributed by atoms with Crippen LogP contribution < -0.4 is 0 Å². The molecule has 1 saturated carbocycles. The van der Waals surface area contributed by atoms with E-state index in [4.69, 9.17) is 52.1 Å². The first-order valence-corrected chi connectivity index (χ1v) is 18.7. The molecule has 19 heteroatoms. The van der Waals surface area contributed by atoms with Crippen molar-refractivity contribution >= 4 is 23.6 Å². The molecular weight excluding hydrogens is 740 g/mol. The van der Waals surface area contributed by atoms with E-state index < -0.39 is 91.7 Å². The minimum Gasteiger partial charge on any atom is -0.382 e. The minimum atomic E-state index is -1.14. The highest BCUT2D eigenvalue weighted by molar-refractivity contribution is 5.74. The topological polar surface area (TPSA) is 183 Å². The summed E-state index contributed by atoms with van der Waals surface area (Å²) in [5, 5.41) is 0. The zero-order chi connectivity index (χ0) is 42.2. The third kappa shape index (κ3) is 10.4. The molecule has 3 aliphatic rings. The van der Waals surface area contributed by atoms with Crippen LogP contribution in [0, 0.1) is 0 Å². The molecule has 0 aromatic rings. The number of hydrogen-bond acceptors (Lipinski definition) is 15. The molecule has 0 N–H and O–H groups in total. The zero-order valence-corrected chi connectivity index (χ0v) is 35.7. The molecule has 0 aromatic carbocycles. The molecule has 56 heavy (non-hydrogen) atoms. The van der Waals surface area contributed by atoms with E-state index in [-0.39, 0.29) is 43.2 Å². The fraction of sp³-hybridized carbons (Fsp3) is 0.892. The molecule has 3 rings (SSSR count). The van der Waals surface area contributed by atoms with Crippen LogP contribution in [-0.2, 0) is 71.3 Å². The van der Waals surface area contributed by atoms with Crippen molar-refractivity contribution in [2.75, 3.05) is 91.1 Å². The van der Waals surface area contributed by atoms with Gasteiger partial charge in [-0.15, -0.1) is 0 Å². The van der Waals surface area contributed by atoms with Crippen LogP contribution >= 0.6 is 0 Å². The number of amides is 4. The SMILES string of the molecule is COC[C@H]1O[C@H](OC2C(OC)C(OC3OC(CN(C)C(C)=O)C(OC)C(OC)C3OC)C(N(C)C(C)=O)CC2N(C)C(C)=O)[C@H](OC)[C@@H](N(C)C(C)=O)[C@@H]1OC. The molecule has 2 saturated heterocycles. The summed E-state index contributed by atoms with van der Waals surface area (Å²) in [7, 11) is 17.1. The highest BCUT2D eigenvalue weighted by Crippen LogP contribution is 2.39. The van der Waals surface area contributed by atoms with E-state index in [9.17, 15) is 19.2 Å². The van der Waals surface area contributed by atoms with Crippen molar-refractivity contribution in [2.24, 2.45) is 0 Å². The first-order valence-electron chi connectivity index (χ1n) is 18.7. The molecular formula is C37H66N4O15. The number of hydrogen-bond donors (Lipinski definition) is 0. The van der Waals surface area contributed by atoms with Crippen LogP contribution in [0.5, 0.6) is 0 Å². The predicted molar refractivity (Wildman–Crippen MR) is 198 cm³/mol. The maximum atomic E-state index is 13.1. The summed E-state index contributed by atoms with van der Waals surface area (Å²) >= 11 is 0. The van der Waals surface area contributed by atoms with Gasteiger partial charge in [-0.3, -0.25) is 19.2 Å². The zero-order valence-electron chi connectivity index (χ0n) is 35.7. The Morgan fingerprint density at radius 2 is 0.911 bits per heavy atom. The molecule has 0 spiro atoms. The Morgan fingerprint density at radius 1 is 0.500 bits per heavy atom. The number of nitrogens with zero attached hydrogens (tertiary/aromatic N) is 4. The third-order valence-electron chi connectivity index (χ3n) is 11.6. The van der Waals surface area contributed by atoms with Gasteiger partial charge in [-0.1, -0.05) is 0 Å². The molecule has 1 aliphatic carbocycles. The fourth-order valence-corrected chi connectivity index (χ4v) is 8.11. The largest absolute Gasteiger partial charge is 0.382 e. The van der Waals surface area contributed by atoms with Crippen LogP contribution in [0.4, 0.5) is 0 Å². The van der Waals surface area contributed by atoms with Crippen LogP contribution in [0.2, 0.25) is 0 Å². The summed E-state index contributed by atoms with van der Waals surface area (Å²) in [5.41, 5.74) is 0. The molecule has 0 aromatic heterocycles. The summed E-state index contributed by atoms with van der Waals surface area (Å²) in [6, 6.07) is -2.06. The Balaban J connectivity index is 2.19. The normalized spacial score (nSPS) is 36.1. The van der Waals surface area contributed by atoms with Crippen molar-refractivity contribution in [3.8, 4) is 0 Å². The van der Waals surface area contributed by atoms with E-state index >= 15 is 0 Å². The van der Waals surface area contributed by atoms with E-state index in [1.807, 2.05) is 0 Å². The monoisotopic (exact) mass is 806 g/mol. The van der Waals surface area contributed by atoms with Crippen LogP contribution in [-0.4, -0.2) is 226 Å². The lowest BCUT2D eigenvalue weighted by Crippen LogP contribution is -2.71. The Morgan fingerprint density at radius 3 is 1.30 bits per heavy atom. The lowest BCUT2D eigenvalue weighted by Gasteiger charge is -2.54. The van der Waals surface area contributed by atoms with Crippen molar-refractivity contribution in [1.29, 1.82) is 0 Å². The van der Waals surface area contributed by atoms with Crippen molar-refractivity contribution in [1.82, 2.24) is 19.6 Å². The second kappa shape index (κ2) is 21.4. The van der Waals surface area contributed by atoms with Gasteiger partial charge in [0.2, 0.25) is 23.6 Å². The van der Waals surface area contributed by atoms with Gasteiger partial charge in [0.25, 0.3) is 0 Å². The molecule has 15 atom stereocenters. The highest BCUT2D eigenvalue weighted by Gasteiger charge is 2.57. The summed E-state index contributed by atoms with van der Waals surface area (Å²) < 4.78 is 68.3. The quantitative estimate of drug-likeness (QED) is 0.181. The van der Waals surface area contributed by atoms with Gasteiger partial charge in [0.1, 0.15) is 61.0 Å². The predicted octanol–water partition coefficient (Wildman–Crippen LogP) is -0.634. The smallest absolute Gasteiger partial charge is 0.219 e. The molecule has 2 heterocycles. The Kier molecular flexibility index (Phi) is 18.3. The highest BCUT2D eigenvalue weighted by atomic mass is 16.7. The van der Waals surface area contributed by atoms with Crippen molar-refractivity contribution in [2.45, 2.75) is 126 Å². The first-order chi connectivity index (χ1) is 26.5. The lowest BCUT2D eigenvalue weighted by atomic mass is 9.81. The fourth-order valence-electron chi connectivity index (χ4n) is 8.11. The van der Waals surface area contributed by atoms with E-state index in [0.29, 0.717) is 0 Å². The summed E-state index contributed by atoms with van der Waals surface area (Å²) in [5.74, 6) is -0.941. The second-order valence-corrected chi connectivity index (χ2v) is 14.6. The number of carbonyl (C=O) groups is 4. The van der Waals surface area contributed by atoms with Gasteiger partial charge in [0, 0.05) is 112 Å². The first kappa shape index (κ1) is 47.8. The number of ether oxygens (including phenoxy) is 11. The maximum Gasteiger partial charge on any atom is 0.219 e. The van der Waals surface area contributed by atoms with Crippen LogP contribution in [0.1, 0.15) is 34.1 Å². The second-order valence-electron chi connectivity index (χ2n) is 14.6. The van der Waals surface area contributed by atoms with Crippen molar-refractivity contribution in [3.05, 3.63) is 0 Å². The van der Waals surface area contributed by atoms with Crippen LogP contribution in [0.3, 0.4) is 0 Å². The van der Waals surface area contributed by atoms with E-state index in [2.05, 4.69) is 0 Å². The van der Waals surface area contributed by atoms with Crippen molar-refractivity contribution < 1.29 is 71.3 Å². The van der Waals surface area contributed by atoms with Gasteiger partial charge in [0.05, 0.1) is 24.7 Å². The van der Waals surface area contributed by atoms with Gasteiger partial charge < -0.3 is 71.7 Å². The molecule has 2 aliphatic heterocycles. The Hall–Kier alpha value is -2.56. The average molecular weight is 807 g/mol. The standard InChI is InChI=1S/C37H66N4O15/c1-19(42)38(5)17-25-31(48-11)34(51-14)35(52-15)37(53-25)56-29-24(40(7)21(3)44)16-23(39(6)20(2)43)28(33(29)50-13)55-36-32(49-12)27(41(8)22(4)45)30(47-10)26(54-36)18-46-9/h23-37H,16-18H2,1-15H3/t23?,24?,25?,26-,27+,28?,29?,30-,31?,32-,33?,34?,35?,36-,37?/m1/s1. The van der Waals surface area contributed by atoms with Crippen molar-refractivity contribution in [3.63, 3.8) is 0 Å².